The van der Waals surface area contributed by atoms with Crippen LogP contribution in [0.5, 0.6) is 11.5 Å². The van der Waals surface area contributed by atoms with Crippen LogP contribution in [-0.4, -0.2) is 31.7 Å². The molecule has 6 heteroatoms. The van der Waals surface area contributed by atoms with Crippen LogP contribution in [0.4, 0.5) is 0 Å². The Hall–Kier alpha value is -3.02. The Bertz CT molecular complexity index is 731. The summed E-state index contributed by atoms with van der Waals surface area (Å²) < 4.78 is 16.0. The third-order valence-electron chi connectivity index (χ3n) is 3.66. The van der Waals surface area contributed by atoms with E-state index in [1.807, 2.05) is 12.1 Å². The molecule has 0 saturated carbocycles. The topological polar surface area (TPSA) is 73.9 Å². The van der Waals surface area contributed by atoms with Gasteiger partial charge in [-0.25, -0.2) is 4.79 Å². The molecule has 3 rings (SSSR count). The van der Waals surface area contributed by atoms with Crippen molar-refractivity contribution < 1.29 is 23.8 Å². The number of hydrogen-bond acceptors (Lipinski definition) is 5. The molecule has 0 aromatic heterocycles. The number of para-hydroxylation sites is 2. The van der Waals surface area contributed by atoms with E-state index in [1.54, 1.807) is 42.5 Å². The molecule has 0 radical (unpaired) electrons. The van der Waals surface area contributed by atoms with E-state index >= 15 is 0 Å². The van der Waals surface area contributed by atoms with Gasteiger partial charge in [-0.15, -0.1) is 0 Å². The number of nitrogens with one attached hydrogen (secondary N) is 1. The molecule has 1 heterocycles. The minimum atomic E-state index is -0.899. The smallest absolute Gasteiger partial charge is 0.333 e. The van der Waals surface area contributed by atoms with Crippen LogP contribution in [-0.2, 0) is 14.3 Å². The van der Waals surface area contributed by atoms with Gasteiger partial charge >= 0.3 is 5.97 Å². The number of carbonyl (C=O) groups excluding carboxylic acids is 2. The van der Waals surface area contributed by atoms with Gasteiger partial charge in [-0.3, -0.25) is 4.79 Å². The second kappa shape index (κ2) is 7.04. The van der Waals surface area contributed by atoms with E-state index in [0.29, 0.717) is 17.1 Å². The number of carbonyl (C=O) groups is 2. The van der Waals surface area contributed by atoms with E-state index < -0.39 is 24.0 Å². The average Bonchev–Trinajstić information content (AvgIpc) is 2.65. The largest absolute Gasteiger partial charge is 0.485 e. The van der Waals surface area contributed by atoms with Gasteiger partial charge in [-0.05, 0) is 17.7 Å². The Kier molecular flexibility index (Phi) is 4.65. The maximum absolute atomic E-state index is 12.5. The molecule has 1 aliphatic heterocycles. The van der Waals surface area contributed by atoms with Crippen molar-refractivity contribution in [2.45, 2.75) is 12.1 Å². The highest BCUT2D eigenvalue weighted by Gasteiger charge is 2.31. The number of rotatable bonds is 4. The molecule has 24 heavy (non-hydrogen) atoms. The normalized spacial score (nSPS) is 16.8. The van der Waals surface area contributed by atoms with Crippen molar-refractivity contribution in [2.24, 2.45) is 0 Å². The van der Waals surface area contributed by atoms with E-state index in [4.69, 9.17) is 14.2 Å². The minimum absolute atomic E-state index is 0.0749. The van der Waals surface area contributed by atoms with E-state index in [-0.39, 0.29) is 6.61 Å². The number of esters is 1. The lowest BCUT2D eigenvalue weighted by molar-refractivity contribution is -0.146. The summed E-state index contributed by atoms with van der Waals surface area (Å²) in [7, 11) is 1.28. The maximum atomic E-state index is 12.5. The molecule has 0 spiro atoms. The molecular weight excluding hydrogens is 310 g/mol. The fourth-order valence-corrected chi connectivity index (χ4v) is 2.43. The van der Waals surface area contributed by atoms with Crippen LogP contribution in [0, 0.1) is 0 Å². The molecule has 2 unspecified atom stereocenters. The first-order valence-electron chi connectivity index (χ1n) is 7.50. The molecule has 0 aliphatic carbocycles. The molecule has 0 saturated heterocycles. The zero-order chi connectivity index (χ0) is 16.9. The SMILES string of the molecule is COC(=O)C(NC(=O)C1COc2ccccc2O1)c1ccccc1. The zero-order valence-electron chi connectivity index (χ0n) is 13.1. The van der Waals surface area contributed by atoms with Crippen molar-refractivity contribution in [2.75, 3.05) is 13.7 Å². The van der Waals surface area contributed by atoms with Crippen molar-refractivity contribution >= 4 is 11.9 Å². The van der Waals surface area contributed by atoms with Gasteiger partial charge in [0.25, 0.3) is 5.91 Å². The third-order valence-corrected chi connectivity index (χ3v) is 3.66. The monoisotopic (exact) mass is 327 g/mol. The molecule has 124 valence electrons. The van der Waals surface area contributed by atoms with E-state index in [9.17, 15) is 9.59 Å². The van der Waals surface area contributed by atoms with Crippen LogP contribution in [0.15, 0.2) is 54.6 Å². The summed E-state index contributed by atoms with van der Waals surface area (Å²) in [4.78, 5) is 24.5. The molecule has 2 aromatic rings. The van der Waals surface area contributed by atoms with Gasteiger partial charge in [0.15, 0.2) is 17.5 Å². The van der Waals surface area contributed by atoms with E-state index in [0.717, 1.165) is 0 Å². The van der Waals surface area contributed by atoms with Gasteiger partial charge in [0.05, 0.1) is 7.11 Å². The van der Waals surface area contributed by atoms with Gasteiger partial charge < -0.3 is 19.5 Å². The lowest BCUT2D eigenvalue weighted by Gasteiger charge is -2.27. The molecule has 1 amide bonds. The van der Waals surface area contributed by atoms with Crippen molar-refractivity contribution in [1.29, 1.82) is 0 Å². The molecule has 1 aliphatic rings. The molecule has 0 fully saturated rings. The second-order valence-corrected chi connectivity index (χ2v) is 5.24. The van der Waals surface area contributed by atoms with Crippen LogP contribution >= 0.6 is 0 Å². The summed E-state index contributed by atoms with van der Waals surface area (Å²) in [6.45, 7) is 0.0749. The van der Waals surface area contributed by atoms with Gasteiger partial charge in [0.1, 0.15) is 6.61 Å². The highest BCUT2D eigenvalue weighted by atomic mass is 16.6. The Balaban J connectivity index is 1.74. The van der Waals surface area contributed by atoms with Gasteiger partial charge in [0, 0.05) is 0 Å². The predicted molar refractivity (Wildman–Crippen MR) is 85.7 cm³/mol. The standard InChI is InChI=1S/C18H17NO5/c1-22-18(21)16(12-7-3-2-4-8-12)19-17(20)15-11-23-13-9-5-6-10-14(13)24-15/h2-10,15-16H,11H2,1H3,(H,19,20). The number of hydrogen-bond donors (Lipinski definition) is 1. The quantitative estimate of drug-likeness (QED) is 0.868. The summed E-state index contributed by atoms with van der Waals surface area (Å²) in [5.74, 6) is 0.0998. The van der Waals surface area contributed by atoms with Crippen LogP contribution in [0.2, 0.25) is 0 Å². The Labute approximate surface area is 139 Å². The van der Waals surface area contributed by atoms with Gasteiger partial charge in [0.2, 0.25) is 6.10 Å². The van der Waals surface area contributed by atoms with Crippen LogP contribution in [0.25, 0.3) is 0 Å². The Morgan fingerprint density at radius 3 is 2.46 bits per heavy atom. The number of ether oxygens (including phenoxy) is 3. The van der Waals surface area contributed by atoms with Crippen LogP contribution in [0.3, 0.4) is 0 Å². The Morgan fingerprint density at radius 1 is 1.08 bits per heavy atom. The van der Waals surface area contributed by atoms with Crippen molar-refractivity contribution in [3.63, 3.8) is 0 Å². The molecule has 6 nitrogen and oxygen atoms in total. The fourth-order valence-electron chi connectivity index (χ4n) is 2.43. The minimum Gasteiger partial charge on any atom is -0.485 e. The zero-order valence-corrected chi connectivity index (χ0v) is 13.1. The van der Waals surface area contributed by atoms with Crippen LogP contribution < -0.4 is 14.8 Å². The van der Waals surface area contributed by atoms with E-state index in [2.05, 4.69) is 5.32 Å². The predicted octanol–water partition coefficient (Wildman–Crippen LogP) is 1.86. The van der Waals surface area contributed by atoms with Crippen molar-refractivity contribution in [3.8, 4) is 11.5 Å². The van der Waals surface area contributed by atoms with Gasteiger partial charge in [-0.2, -0.15) is 0 Å². The van der Waals surface area contributed by atoms with Crippen molar-refractivity contribution in [3.05, 3.63) is 60.2 Å². The summed E-state index contributed by atoms with van der Waals surface area (Å²) in [5, 5.41) is 2.67. The summed E-state index contributed by atoms with van der Waals surface area (Å²) in [6.07, 6.45) is -0.837. The highest BCUT2D eigenvalue weighted by Crippen LogP contribution is 2.31. The molecular formula is C18H17NO5. The highest BCUT2D eigenvalue weighted by molar-refractivity contribution is 5.88. The van der Waals surface area contributed by atoms with Gasteiger partial charge in [-0.1, -0.05) is 42.5 Å². The third kappa shape index (κ3) is 3.32. The average molecular weight is 327 g/mol. The summed E-state index contributed by atoms with van der Waals surface area (Å²) >= 11 is 0. The molecule has 1 N–H and O–H groups in total. The fraction of sp³-hybridized carbons (Fsp3) is 0.222. The lowest BCUT2D eigenvalue weighted by Crippen LogP contribution is -2.46. The maximum Gasteiger partial charge on any atom is 0.333 e. The van der Waals surface area contributed by atoms with Crippen molar-refractivity contribution in [1.82, 2.24) is 5.32 Å². The number of fused-ring (bicyclic) bond motifs is 1. The van der Waals surface area contributed by atoms with E-state index in [1.165, 1.54) is 7.11 Å². The summed E-state index contributed by atoms with van der Waals surface area (Å²) in [6, 6.07) is 15.1. The number of benzene rings is 2. The first kappa shape index (κ1) is 15.9. The number of amides is 1. The first-order valence-corrected chi connectivity index (χ1v) is 7.50. The Morgan fingerprint density at radius 2 is 1.75 bits per heavy atom. The van der Waals surface area contributed by atoms with Crippen LogP contribution in [0.1, 0.15) is 11.6 Å². The number of methoxy groups -OCH3 is 1. The molecule has 2 aromatic carbocycles. The molecule has 0 bridgehead atoms. The lowest BCUT2D eigenvalue weighted by atomic mass is 10.1. The summed E-state index contributed by atoms with van der Waals surface area (Å²) in [5.41, 5.74) is 0.634. The second-order valence-electron chi connectivity index (χ2n) is 5.24. The molecule has 2 atom stereocenters. The first-order chi connectivity index (χ1) is 11.7.